The van der Waals surface area contributed by atoms with Gasteiger partial charge in [-0.3, -0.25) is 0 Å². The highest BCUT2D eigenvalue weighted by Crippen LogP contribution is 2.50. The number of nitrogens with zero attached hydrogens (tertiary/aromatic N) is 1. The molecule has 0 saturated carbocycles. The zero-order chi connectivity index (χ0) is 21.1. The van der Waals surface area contributed by atoms with Gasteiger partial charge in [0.15, 0.2) is 0 Å². The van der Waals surface area contributed by atoms with E-state index in [1.165, 1.54) is 50.8 Å². The zero-order valence-corrected chi connectivity index (χ0v) is 19.7. The first-order valence-corrected chi connectivity index (χ1v) is 12.1. The fraction of sp³-hybridized carbons (Fsp3) is 0.538. The summed E-state index contributed by atoms with van der Waals surface area (Å²) in [7, 11) is 1.78. The molecule has 0 spiro atoms. The maximum Gasteiger partial charge on any atom is 0.119 e. The van der Waals surface area contributed by atoms with Crippen LogP contribution in [0.2, 0.25) is 10.0 Å². The summed E-state index contributed by atoms with van der Waals surface area (Å²) in [6, 6.07) is 12.8. The Kier molecular flexibility index (Phi) is 6.97. The minimum atomic E-state index is 0.330. The van der Waals surface area contributed by atoms with Gasteiger partial charge >= 0.3 is 0 Å². The van der Waals surface area contributed by atoms with E-state index in [0.29, 0.717) is 15.5 Å². The van der Waals surface area contributed by atoms with E-state index in [1.54, 1.807) is 18.2 Å². The van der Waals surface area contributed by atoms with Crippen LogP contribution in [0, 0.1) is 5.92 Å². The minimum absolute atomic E-state index is 0.330. The van der Waals surface area contributed by atoms with Gasteiger partial charge in [-0.15, -0.1) is 0 Å². The molecule has 0 amide bonds. The molecule has 162 valence electrons. The molecular formula is C26H33Cl2NO. The van der Waals surface area contributed by atoms with Crippen molar-refractivity contribution in [1.29, 1.82) is 0 Å². The molecule has 30 heavy (non-hydrogen) atoms. The summed E-state index contributed by atoms with van der Waals surface area (Å²) in [5.74, 6) is 1.75. The molecular weight excluding hydrogens is 413 g/mol. The van der Waals surface area contributed by atoms with Gasteiger partial charge in [-0.2, -0.15) is 0 Å². The molecule has 2 aromatic rings. The van der Waals surface area contributed by atoms with Crippen molar-refractivity contribution in [3.05, 3.63) is 63.1 Å². The number of ether oxygens (including phenoxy) is 1. The molecule has 1 saturated heterocycles. The van der Waals surface area contributed by atoms with Gasteiger partial charge in [0.05, 0.1) is 17.2 Å². The normalized spacial score (nSPS) is 23.7. The topological polar surface area (TPSA) is 12.5 Å². The molecule has 2 aliphatic rings. The van der Waals surface area contributed by atoms with Crippen molar-refractivity contribution in [2.24, 2.45) is 5.92 Å². The smallest absolute Gasteiger partial charge is 0.119 e. The van der Waals surface area contributed by atoms with E-state index in [9.17, 15) is 0 Å². The Bertz CT molecular complexity index is 883. The first-order chi connectivity index (χ1) is 14.6. The molecule has 1 aliphatic heterocycles. The fourth-order valence-electron chi connectivity index (χ4n) is 5.87. The highest BCUT2D eigenvalue weighted by molar-refractivity contribution is 6.42. The lowest BCUT2D eigenvalue weighted by molar-refractivity contribution is 0.0687. The third kappa shape index (κ3) is 4.38. The van der Waals surface area contributed by atoms with E-state index in [-0.39, 0.29) is 0 Å². The first-order valence-electron chi connectivity index (χ1n) is 11.4. The summed E-state index contributed by atoms with van der Waals surface area (Å²) in [6.45, 7) is 5.90. The number of hydrogen-bond acceptors (Lipinski definition) is 2. The first kappa shape index (κ1) is 22.0. The van der Waals surface area contributed by atoms with Crippen LogP contribution in [0.3, 0.4) is 0 Å². The molecule has 0 bridgehead atoms. The van der Waals surface area contributed by atoms with E-state index in [2.05, 4.69) is 36.1 Å². The summed E-state index contributed by atoms with van der Waals surface area (Å²) >= 11 is 12.2. The second kappa shape index (κ2) is 9.51. The van der Waals surface area contributed by atoms with E-state index >= 15 is 0 Å². The summed E-state index contributed by atoms with van der Waals surface area (Å²) in [5.41, 5.74) is 4.74. The van der Waals surface area contributed by atoms with E-state index in [0.717, 1.165) is 31.1 Å². The molecule has 1 heterocycles. The Morgan fingerprint density at radius 1 is 1.13 bits per heavy atom. The maximum absolute atomic E-state index is 6.17. The van der Waals surface area contributed by atoms with Gasteiger partial charge in [-0.1, -0.05) is 48.7 Å². The van der Waals surface area contributed by atoms with Crippen LogP contribution in [0.15, 0.2) is 36.4 Å². The van der Waals surface area contributed by atoms with Crippen LogP contribution in [0.4, 0.5) is 0 Å². The number of benzene rings is 2. The summed E-state index contributed by atoms with van der Waals surface area (Å²) < 4.78 is 5.59. The van der Waals surface area contributed by atoms with E-state index < -0.39 is 0 Å². The Morgan fingerprint density at radius 2 is 2.00 bits per heavy atom. The van der Waals surface area contributed by atoms with Gasteiger partial charge in [-0.05, 0) is 98.5 Å². The Labute approximate surface area is 191 Å². The van der Waals surface area contributed by atoms with E-state index in [1.807, 2.05) is 12.1 Å². The molecule has 2 atom stereocenters. The molecule has 0 N–H and O–H groups in total. The molecule has 4 heteroatoms. The number of methoxy groups -OCH3 is 1. The fourth-order valence-corrected chi connectivity index (χ4v) is 6.19. The van der Waals surface area contributed by atoms with Gasteiger partial charge in [0, 0.05) is 12.0 Å². The van der Waals surface area contributed by atoms with Crippen molar-refractivity contribution < 1.29 is 4.74 Å². The highest BCUT2D eigenvalue weighted by Gasteiger charge is 2.46. The Hall–Kier alpha value is -1.22. The summed E-state index contributed by atoms with van der Waals surface area (Å²) in [5, 5.41) is 1.30. The second-order valence-electron chi connectivity index (χ2n) is 9.07. The number of likely N-dealkylation sites (tertiary alicyclic amines) is 1. The summed E-state index contributed by atoms with van der Waals surface area (Å²) in [4.78, 5) is 2.70. The number of aryl methyl sites for hydroxylation is 2. The Balaban J connectivity index is 1.43. The highest BCUT2D eigenvalue weighted by atomic mass is 35.5. The number of piperidine rings is 1. The Morgan fingerprint density at radius 3 is 2.77 bits per heavy atom. The standard InChI is InChI=1S/C26H33Cl2NO/c1-3-12-26-13-15-29(14-4-5-19-6-11-24(27)25(28)16-19)18-21(26)9-7-20-8-10-22(30-2)17-23(20)26/h6,8,10-11,16-17,21H,3-5,7,9,12-15,18H2,1-2H3. The van der Waals surface area contributed by atoms with Gasteiger partial charge in [0.1, 0.15) is 5.75 Å². The van der Waals surface area contributed by atoms with Gasteiger partial charge in [0.25, 0.3) is 0 Å². The lowest BCUT2D eigenvalue weighted by atomic mass is 9.58. The number of halogens is 2. The quantitative estimate of drug-likeness (QED) is 0.457. The monoisotopic (exact) mass is 445 g/mol. The lowest BCUT2D eigenvalue weighted by Crippen LogP contribution is -2.52. The van der Waals surface area contributed by atoms with Crippen LogP contribution in [-0.4, -0.2) is 31.6 Å². The molecule has 4 rings (SSSR count). The van der Waals surface area contributed by atoms with Crippen LogP contribution in [0.1, 0.15) is 55.7 Å². The third-order valence-corrected chi connectivity index (χ3v) is 8.11. The number of rotatable bonds is 7. The molecule has 0 aromatic heterocycles. The zero-order valence-electron chi connectivity index (χ0n) is 18.2. The van der Waals surface area contributed by atoms with Gasteiger partial charge in [0.2, 0.25) is 0 Å². The maximum atomic E-state index is 6.17. The van der Waals surface area contributed by atoms with Crippen molar-refractivity contribution in [3.8, 4) is 5.75 Å². The summed E-state index contributed by atoms with van der Waals surface area (Å²) in [6.07, 6.45) is 8.52. The molecule has 2 unspecified atom stereocenters. The number of fused-ring (bicyclic) bond motifs is 3. The molecule has 2 aromatic carbocycles. The second-order valence-corrected chi connectivity index (χ2v) is 9.88. The van der Waals surface area contributed by atoms with Crippen molar-refractivity contribution >= 4 is 23.2 Å². The van der Waals surface area contributed by atoms with Crippen molar-refractivity contribution in [1.82, 2.24) is 4.90 Å². The van der Waals surface area contributed by atoms with Crippen LogP contribution in [-0.2, 0) is 18.3 Å². The van der Waals surface area contributed by atoms with Gasteiger partial charge in [-0.25, -0.2) is 0 Å². The minimum Gasteiger partial charge on any atom is -0.497 e. The SMILES string of the molecule is CCCC12CCN(CCCc3ccc(Cl)c(Cl)c3)CC1CCc1ccc(OC)cc12. The van der Waals surface area contributed by atoms with Crippen molar-refractivity contribution in [3.63, 3.8) is 0 Å². The largest absolute Gasteiger partial charge is 0.497 e. The third-order valence-electron chi connectivity index (χ3n) is 7.37. The van der Waals surface area contributed by atoms with Crippen molar-refractivity contribution in [2.45, 2.75) is 57.3 Å². The molecule has 1 aliphatic carbocycles. The van der Waals surface area contributed by atoms with E-state index in [4.69, 9.17) is 27.9 Å². The molecule has 2 nitrogen and oxygen atoms in total. The van der Waals surface area contributed by atoms with Crippen LogP contribution >= 0.6 is 23.2 Å². The predicted molar refractivity (Wildman–Crippen MR) is 127 cm³/mol. The van der Waals surface area contributed by atoms with Gasteiger partial charge < -0.3 is 9.64 Å². The average molecular weight is 446 g/mol. The van der Waals surface area contributed by atoms with Crippen LogP contribution in [0.5, 0.6) is 5.75 Å². The van der Waals surface area contributed by atoms with Crippen LogP contribution in [0.25, 0.3) is 0 Å². The lowest BCUT2D eigenvalue weighted by Gasteiger charge is -2.52. The van der Waals surface area contributed by atoms with Crippen molar-refractivity contribution in [2.75, 3.05) is 26.7 Å². The number of hydrogen-bond donors (Lipinski definition) is 0. The van der Waals surface area contributed by atoms with Crippen LogP contribution < -0.4 is 4.74 Å². The molecule has 0 radical (unpaired) electrons. The predicted octanol–water partition coefficient (Wildman–Crippen LogP) is 6.94. The molecule has 1 fully saturated rings. The average Bonchev–Trinajstić information content (AvgIpc) is 2.76.